The second-order valence-electron chi connectivity index (χ2n) is 4.77. The molecule has 0 aromatic heterocycles. The Kier molecular flexibility index (Phi) is 5.37. The standard InChI is InChI=1S/C15H24O/c1-5-6-7-15(12(2)3)13-8-10-14(16-4)11-9-13/h8-12,15H,5-7H2,1-4H3. The summed E-state index contributed by atoms with van der Waals surface area (Å²) in [4.78, 5) is 0. The van der Waals surface area contributed by atoms with E-state index in [0.29, 0.717) is 11.8 Å². The smallest absolute Gasteiger partial charge is 0.118 e. The van der Waals surface area contributed by atoms with Crippen molar-refractivity contribution in [2.45, 2.75) is 46.0 Å². The number of hydrogen-bond donors (Lipinski definition) is 0. The van der Waals surface area contributed by atoms with Gasteiger partial charge in [-0.15, -0.1) is 0 Å². The maximum atomic E-state index is 5.19. The molecule has 1 atom stereocenters. The zero-order chi connectivity index (χ0) is 12.0. The zero-order valence-corrected chi connectivity index (χ0v) is 11.0. The number of methoxy groups -OCH3 is 1. The number of unbranched alkanes of at least 4 members (excludes halogenated alkanes) is 1. The molecule has 0 radical (unpaired) electrons. The first-order chi connectivity index (χ1) is 7.69. The van der Waals surface area contributed by atoms with Crippen molar-refractivity contribution in [1.82, 2.24) is 0 Å². The monoisotopic (exact) mass is 220 g/mol. The molecule has 1 rings (SSSR count). The number of hydrogen-bond acceptors (Lipinski definition) is 1. The van der Waals surface area contributed by atoms with E-state index in [9.17, 15) is 0 Å². The highest BCUT2D eigenvalue weighted by molar-refractivity contribution is 5.29. The van der Waals surface area contributed by atoms with E-state index in [1.165, 1.54) is 24.8 Å². The second-order valence-corrected chi connectivity index (χ2v) is 4.77. The minimum Gasteiger partial charge on any atom is -0.497 e. The van der Waals surface area contributed by atoms with Crippen LogP contribution in [0.3, 0.4) is 0 Å². The van der Waals surface area contributed by atoms with E-state index >= 15 is 0 Å². The number of benzene rings is 1. The van der Waals surface area contributed by atoms with E-state index in [0.717, 1.165) is 5.75 Å². The lowest BCUT2D eigenvalue weighted by Crippen LogP contribution is -2.06. The topological polar surface area (TPSA) is 9.23 Å². The lowest BCUT2D eigenvalue weighted by atomic mass is 9.84. The highest BCUT2D eigenvalue weighted by Gasteiger charge is 2.14. The van der Waals surface area contributed by atoms with Gasteiger partial charge in [0.1, 0.15) is 5.75 Å². The van der Waals surface area contributed by atoms with Gasteiger partial charge in [-0.1, -0.05) is 45.7 Å². The van der Waals surface area contributed by atoms with Crippen molar-refractivity contribution < 1.29 is 4.74 Å². The Hall–Kier alpha value is -0.980. The van der Waals surface area contributed by atoms with Crippen LogP contribution in [0.1, 0.15) is 51.5 Å². The summed E-state index contributed by atoms with van der Waals surface area (Å²) >= 11 is 0. The fraction of sp³-hybridized carbons (Fsp3) is 0.600. The largest absolute Gasteiger partial charge is 0.497 e. The molecular formula is C15H24O. The molecular weight excluding hydrogens is 196 g/mol. The molecule has 1 aromatic rings. The van der Waals surface area contributed by atoms with Crippen molar-refractivity contribution in [3.05, 3.63) is 29.8 Å². The predicted octanol–water partition coefficient (Wildman–Crippen LogP) is 4.63. The van der Waals surface area contributed by atoms with Crippen LogP contribution in [0.2, 0.25) is 0 Å². The van der Waals surface area contributed by atoms with Gasteiger partial charge < -0.3 is 4.74 Å². The SMILES string of the molecule is CCCCC(c1ccc(OC)cc1)C(C)C. The fourth-order valence-corrected chi connectivity index (χ4v) is 2.16. The van der Waals surface area contributed by atoms with Crippen LogP contribution in [0, 0.1) is 5.92 Å². The molecule has 0 aliphatic heterocycles. The lowest BCUT2D eigenvalue weighted by molar-refractivity contribution is 0.413. The Morgan fingerprint density at radius 3 is 2.19 bits per heavy atom. The molecule has 0 amide bonds. The third-order valence-corrected chi connectivity index (χ3v) is 3.22. The minimum atomic E-state index is 0.686. The number of rotatable bonds is 6. The molecule has 0 spiro atoms. The zero-order valence-electron chi connectivity index (χ0n) is 11.0. The van der Waals surface area contributed by atoms with Crippen molar-refractivity contribution >= 4 is 0 Å². The molecule has 0 N–H and O–H groups in total. The van der Waals surface area contributed by atoms with Crippen molar-refractivity contribution in [3.8, 4) is 5.75 Å². The van der Waals surface area contributed by atoms with Crippen LogP contribution < -0.4 is 4.74 Å². The Bertz CT molecular complexity index is 287. The van der Waals surface area contributed by atoms with E-state index in [4.69, 9.17) is 4.74 Å². The third kappa shape index (κ3) is 3.55. The highest BCUT2D eigenvalue weighted by Crippen LogP contribution is 2.30. The molecule has 0 fully saturated rings. The van der Waals surface area contributed by atoms with Crippen molar-refractivity contribution in [1.29, 1.82) is 0 Å². The molecule has 0 heterocycles. The first kappa shape index (κ1) is 13.1. The van der Waals surface area contributed by atoms with Crippen molar-refractivity contribution in [2.75, 3.05) is 7.11 Å². The molecule has 16 heavy (non-hydrogen) atoms. The average molecular weight is 220 g/mol. The normalized spacial score (nSPS) is 12.8. The Morgan fingerprint density at radius 1 is 1.12 bits per heavy atom. The van der Waals surface area contributed by atoms with E-state index < -0.39 is 0 Å². The summed E-state index contributed by atoms with van der Waals surface area (Å²) in [6.07, 6.45) is 3.88. The highest BCUT2D eigenvalue weighted by atomic mass is 16.5. The molecule has 0 aliphatic rings. The molecule has 0 bridgehead atoms. The molecule has 1 nitrogen and oxygen atoms in total. The van der Waals surface area contributed by atoms with Crippen molar-refractivity contribution in [2.24, 2.45) is 5.92 Å². The maximum Gasteiger partial charge on any atom is 0.118 e. The van der Waals surface area contributed by atoms with Gasteiger partial charge >= 0.3 is 0 Å². The summed E-state index contributed by atoms with van der Waals surface area (Å²) < 4.78 is 5.19. The van der Waals surface area contributed by atoms with E-state index in [1.54, 1.807) is 7.11 Å². The molecule has 1 heteroatoms. The van der Waals surface area contributed by atoms with Gasteiger partial charge in [-0.2, -0.15) is 0 Å². The maximum absolute atomic E-state index is 5.19. The molecule has 90 valence electrons. The summed E-state index contributed by atoms with van der Waals surface area (Å²) in [5.74, 6) is 2.34. The Balaban J connectivity index is 2.75. The van der Waals surface area contributed by atoms with Gasteiger partial charge in [-0.3, -0.25) is 0 Å². The van der Waals surface area contributed by atoms with E-state index in [2.05, 4.69) is 45.0 Å². The first-order valence-electron chi connectivity index (χ1n) is 6.33. The molecule has 1 aromatic carbocycles. The quantitative estimate of drug-likeness (QED) is 0.679. The van der Waals surface area contributed by atoms with Gasteiger partial charge in [-0.25, -0.2) is 0 Å². The average Bonchev–Trinajstić information content (AvgIpc) is 2.30. The van der Waals surface area contributed by atoms with Gasteiger partial charge in [0.2, 0.25) is 0 Å². The van der Waals surface area contributed by atoms with Gasteiger partial charge in [0, 0.05) is 0 Å². The summed E-state index contributed by atoms with van der Waals surface area (Å²) in [6.45, 7) is 6.88. The van der Waals surface area contributed by atoms with Crippen LogP contribution in [0.4, 0.5) is 0 Å². The van der Waals surface area contributed by atoms with Crippen LogP contribution in [0.25, 0.3) is 0 Å². The summed E-state index contributed by atoms with van der Waals surface area (Å²) in [5, 5.41) is 0. The lowest BCUT2D eigenvalue weighted by Gasteiger charge is -2.21. The first-order valence-corrected chi connectivity index (χ1v) is 6.33. The van der Waals surface area contributed by atoms with Crippen LogP contribution in [-0.2, 0) is 0 Å². The van der Waals surface area contributed by atoms with Gasteiger partial charge in [-0.05, 0) is 36.0 Å². The Morgan fingerprint density at radius 2 is 1.75 bits per heavy atom. The summed E-state index contributed by atoms with van der Waals surface area (Å²) in [7, 11) is 1.71. The van der Waals surface area contributed by atoms with Crippen LogP contribution in [0.15, 0.2) is 24.3 Å². The van der Waals surface area contributed by atoms with Crippen LogP contribution in [0.5, 0.6) is 5.75 Å². The van der Waals surface area contributed by atoms with Crippen LogP contribution >= 0.6 is 0 Å². The molecule has 0 aliphatic carbocycles. The van der Waals surface area contributed by atoms with E-state index in [1.807, 2.05) is 0 Å². The van der Waals surface area contributed by atoms with Gasteiger partial charge in [0.25, 0.3) is 0 Å². The minimum absolute atomic E-state index is 0.686. The summed E-state index contributed by atoms with van der Waals surface area (Å²) in [6, 6.07) is 8.55. The van der Waals surface area contributed by atoms with Crippen molar-refractivity contribution in [3.63, 3.8) is 0 Å². The third-order valence-electron chi connectivity index (χ3n) is 3.22. The predicted molar refractivity (Wildman–Crippen MR) is 70.1 cm³/mol. The second kappa shape index (κ2) is 6.57. The molecule has 1 unspecified atom stereocenters. The molecule has 0 saturated heterocycles. The number of ether oxygens (including phenoxy) is 1. The van der Waals surface area contributed by atoms with E-state index in [-0.39, 0.29) is 0 Å². The Labute approximate surface area is 99.8 Å². The van der Waals surface area contributed by atoms with Gasteiger partial charge in [0.15, 0.2) is 0 Å². The fourth-order valence-electron chi connectivity index (χ4n) is 2.16. The van der Waals surface area contributed by atoms with Gasteiger partial charge in [0.05, 0.1) is 7.11 Å². The van der Waals surface area contributed by atoms with Crippen LogP contribution in [-0.4, -0.2) is 7.11 Å². The summed E-state index contributed by atoms with van der Waals surface area (Å²) in [5.41, 5.74) is 1.45. The molecule has 0 saturated carbocycles.